The summed E-state index contributed by atoms with van der Waals surface area (Å²) in [6, 6.07) is 14.1. The smallest absolute Gasteiger partial charge is 0.239 e. The Morgan fingerprint density at radius 3 is 2.63 bits per heavy atom. The van der Waals surface area contributed by atoms with Crippen LogP contribution in [0.1, 0.15) is 16.7 Å². The molecule has 7 heteroatoms. The van der Waals surface area contributed by atoms with E-state index in [0.717, 1.165) is 20.7 Å². The predicted molar refractivity (Wildman–Crippen MR) is 122 cm³/mol. The number of nitrogens with zero attached hydrogens (tertiary/aromatic N) is 3. The normalized spacial score (nSPS) is 11.0. The SMILES string of the molecule is Cc1cc2nc(N(Cc3cccnc3)C(=O)CSc3ccc(F)cc3)sc2cc1C. The molecule has 0 bridgehead atoms. The number of carbonyl (C=O) groups is 1. The van der Waals surface area contributed by atoms with Crippen molar-refractivity contribution in [2.45, 2.75) is 25.3 Å². The molecule has 152 valence electrons. The van der Waals surface area contributed by atoms with Crippen molar-refractivity contribution in [3.63, 3.8) is 0 Å². The molecule has 2 aromatic heterocycles. The summed E-state index contributed by atoms with van der Waals surface area (Å²) < 4.78 is 14.2. The molecule has 0 aliphatic carbocycles. The Balaban J connectivity index is 1.62. The van der Waals surface area contributed by atoms with Gasteiger partial charge in [0.15, 0.2) is 5.13 Å². The molecule has 0 N–H and O–H groups in total. The topological polar surface area (TPSA) is 46.1 Å². The van der Waals surface area contributed by atoms with Crippen LogP contribution in [-0.4, -0.2) is 21.6 Å². The Morgan fingerprint density at radius 1 is 1.13 bits per heavy atom. The van der Waals surface area contributed by atoms with Crippen LogP contribution in [0.15, 0.2) is 65.8 Å². The van der Waals surface area contributed by atoms with Gasteiger partial charge in [0.25, 0.3) is 0 Å². The van der Waals surface area contributed by atoms with E-state index in [1.807, 2.05) is 12.1 Å². The zero-order valence-electron chi connectivity index (χ0n) is 16.6. The minimum atomic E-state index is -0.288. The summed E-state index contributed by atoms with van der Waals surface area (Å²) in [5.74, 6) is -0.107. The molecule has 0 unspecified atom stereocenters. The maximum absolute atomic E-state index is 13.2. The molecule has 4 rings (SSSR count). The third kappa shape index (κ3) is 4.68. The molecular weight excluding hydrogens is 417 g/mol. The van der Waals surface area contributed by atoms with Crippen LogP contribution in [-0.2, 0) is 11.3 Å². The fraction of sp³-hybridized carbons (Fsp3) is 0.174. The molecule has 0 atom stereocenters. The van der Waals surface area contributed by atoms with Gasteiger partial charge in [-0.05, 0) is 73.0 Å². The lowest BCUT2D eigenvalue weighted by molar-refractivity contribution is -0.116. The molecule has 0 saturated heterocycles. The highest BCUT2D eigenvalue weighted by Gasteiger charge is 2.21. The Bertz CT molecular complexity index is 1140. The number of pyridine rings is 1. The molecule has 0 aliphatic rings. The molecular formula is C23H20FN3OS2. The van der Waals surface area contributed by atoms with E-state index in [2.05, 4.69) is 31.0 Å². The van der Waals surface area contributed by atoms with E-state index in [1.165, 1.54) is 46.4 Å². The zero-order chi connectivity index (χ0) is 21.1. The highest BCUT2D eigenvalue weighted by atomic mass is 32.2. The van der Waals surface area contributed by atoms with E-state index in [1.54, 1.807) is 29.4 Å². The molecule has 2 heterocycles. The summed E-state index contributed by atoms with van der Waals surface area (Å²) in [6.07, 6.45) is 3.47. The summed E-state index contributed by atoms with van der Waals surface area (Å²) >= 11 is 2.90. The lowest BCUT2D eigenvalue weighted by Crippen LogP contribution is -2.31. The highest BCUT2D eigenvalue weighted by molar-refractivity contribution is 8.00. The number of aromatic nitrogens is 2. The summed E-state index contributed by atoms with van der Waals surface area (Å²) in [5, 5.41) is 0.670. The number of fused-ring (bicyclic) bond motifs is 1. The Morgan fingerprint density at radius 2 is 1.90 bits per heavy atom. The van der Waals surface area contributed by atoms with Gasteiger partial charge in [-0.3, -0.25) is 14.7 Å². The monoisotopic (exact) mass is 437 g/mol. The first-order valence-corrected chi connectivity index (χ1v) is 11.3. The molecule has 0 spiro atoms. The van der Waals surface area contributed by atoms with Crippen LogP contribution in [0.3, 0.4) is 0 Å². The van der Waals surface area contributed by atoms with Crippen molar-refractivity contribution >= 4 is 44.4 Å². The van der Waals surface area contributed by atoms with Crippen LogP contribution >= 0.6 is 23.1 Å². The third-order valence-corrected chi connectivity index (χ3v) is 6.80. The van der Waals surface area contributed by atoms with Crippen LogP contribution in [0.5, 0.6) is 0 Å². The highest BCUT2D eigenvalue weighted by Crippen LogP contribution is 2.32. The van der Waals surface area contributed by atoms with Gasteiger partial charge in [-0.15, -0.1) is 11.8 Å². The molecule has 0 radical (unpaired) electrons. The number of anilines is 1. The largest absolute Gasteiger partial charge is 0.283 e. The van der Waals surface area contributed by atoms with Gasteiger partial charge in [0, 0.05) is 17.3 Å². The van der Waals surface area contributed by atoms with Crippen LogP contribution < -0.4 is 4.90 Å². The van der Waals surface area contributed by atoms with Crippen LogP contribution in [0, 0.1) is 19.7 Å². The van der Waals surface area contributed by atoms with E-state index in [4.69, 9.17) is 4.98 Å². The number of thiazole rings is 1. The van der Waals surface area contributed by atoms with E-state index in [-0.39, 0.29) is 17.5 Å². The number of benzene rings is 2. The van der Waals surface area contributed by atoms with Gasteiger partial charge in [-0.25, -0.2) is 9.37 Å². The molecule has 4 aromatic rings. The van der Waals surface area contributed by atoms with E-state index in [0.29, 0.717) is 11.7 Å². The second kappa shape index (κ2) is 8.93. The lowest BCUT2D eigenvalue weighted by atomic mass is 10.1. The Hall–Kier alpha value is -2.77. The van der Waals surface area contributed by atoms with Gasteiger partial charge in [-0.1, -0.05) is 17.4 Å². The van der Waals surface area contributed by atoms with Crippen LogP contribution in [0.4, 0.5) is 9.52 Å². The van der Waals surface area contributed by atoms with Crippen LogP contribution in [0.2, 0.25) is 0 Å². The number of rotatable bonds is 6. The average Bonchev–Trinajstić information content (AvgIpc) is 3.14. The first kappa shape index (κ1) is 20.5. The van der Waals surface area contributed by atoms with Crippen molar-refractivity contribution in [3.05, 3.63) is 83.4 Å². The molecule has 2 aromatic carbocycles. The first-order valence-electron chi connectivity index (χ1n) is 9.45. The zero-order valence-corrected chi connectivity index (χ0v) is 18.3. The maximum atomic E-state index is 13.2. The molecule has 30 heavy (non-hydrogen) atoms. The van der Waals surface area contributed by atoms with Gasteiger partial charge in [-0.2, -0.15) is 0 Å². The number of hydrogen-bond acceptors (Lipinski definition) is 5. The van der Waals surface area contributed by atoms with E-state index in [9.17, 15) is 9.18 Å². The number of hydrogen-bond donors (Lipinski definition) is 0. The molecule has 0 saturated carbocycles. The summed E-state index contributed by atoms with van der Waals surface area (Å²) in [7, 11) is 0. The minimum Gasteiger partial charge on any atom is -0.283 e. The van der Waals surface area contributed by atoms with Crippen molar-refractivity contribution in [1.29, 1.82) is 0 Å². The minimum absolute atomic E-state index is 0.0549. The summed E-state index contributed by atoms with van der Waals surface area (Å²) in [4.78, 5) is 24.6. The number of carbonyl (C=O) groups excluding carboxylic acids is 1. The third-order valence-electron chi connectivity index (χ3n) is 4.76. The quantitative estimate of drug-likeness (QED) is 0.359. The van der Waals surface area contributed by atoms with Crippen LogP contribution in [0.25, 0.3) is 10.2 Å². The standard InChI is InChI=1S/C23H20FN3OS2/c1-15-10-20-21(11-16(15)2)30-23(26-20)27(13-17-4-3-9-25-12-17)22(28)14-29-19-7-5-18(24)6-8-19/h3-12H,13-14H2,1-2H3. The lowest BCUT2D eigenvalue weighted by Gasteiger charge is -2.19. The van der Waals surface area contributed by atoms with Crippen molar-refractivity contribution in [1.82, 2.24) is 9.97 Å². The Kier molecular flexibility index (Phi) is 6.11. The van der Waals surface area contributed by atoms with Crippen molar-refractivity contribution in [3.8, 4) is 0 Å². The van der Waals surface area contributed by atoms with Gasteiger partial charge >= 0.3 is 0 Å². The van der Waals surface area contributed by atoms with E-state index >= 15 is 0 Å². The Labute approximate surface area is 182 Å². The second-order valence-corrected chi connectivity index (χ2v) is 9.04. The fourth-order valence-corrected chi connectivity index (χ4v) is 4.81. The molecule has 0 aliphatic heterocycles. The first-order chi connectivity index (χ1) is 14.5. The van der Waals surface area contributed by atoms with Crippen molar-refractivity contribution in [2.75, 3.05) is 10.7 Å². The number of thioether (sulfide) groups is 1. The predicted octanol–water partition coefficient (Wildman–Crippen LogP) is 5.77. The summed E-state index contributed by atoms with van der Waals surface area (Å²) in [6.45, 7) is 4.53. The average molecular weight is 438 g/mol. The van der Waals surface area contributed by atoms with Gasteiger partial charge in [0.2, 0.25) is 5.91 Å². The number of aryl methyl sites for hydroxylation is 2. The number of amides is 1. The number of halogens is 1. The van der Waals surface area contributed by atoms with Crippen molar-refractivity contribution in [2.24, 2.45) is 0 Å². The maximum Gasteiger partial charge on any atom is 0.239 e. The van der Waals surface area contributed by atoms with Gasteiger partial charge < -0.3 is 0 Å². The molecule has 1 amide bonds. The van der Waals surface area contributed by atoms with E-state index < -0.39 is 0 Å². The fourth-order valence-electron chi connectivity index (χ4n) is 2.97. The second-order valence-electron chi connectivity index (χ2n) is 6.98. The van der Waals surface area contributed by atoms with Crippen molar-refractivity contribution < 1.29 is 9.18 Å². The molecule has 0 fully saturated rings. The van der Waals surface area contributed by atoms with Gasteiger partial charge in [0.05, 0.1) is 22.5 Å². The van der Waals surface area contributed by atoms with Gasteiger partial charge in [0.1, 0.15) is 5.82 Å². The summed E-state index contributed by atoms with van der Waals surface area (Å²) in [5.41, 5.74) is 4.21. The molecule has 4 nitrogen and oxygen atoms in total.